The van der Waals surface area contributed by atoms with Gasteiger partial charge in [0.25, 0.3) is 0 Å². The van der Waals surface area contributed by atoms with Crippen LogP contribution in [0.25, 0.3) is 0 Å². The predicted octanol–water partition coefficient (Wildman–Crippen LogP) is 4.56. The van der Waals surface area contributed by atoms with Gasteiger partial charge in [-0.05, 0) is 26.0 Å². The standard InChI is InChI=1S/C15H15N2O7P/c1-11(2)25(22,23-14-9-5-3-7-12(14)16(18)19)24-15-10-6-4-8-13(15)17(20)21/h3-11H,1-2H3. The summed E-state index contributed by atoms with van der Waals surface area (Å²) in [4.78, 5) is 20.8. The number of para-hydroxylation sites is 4. The van der Waals surface area contributed by atoms with Gasteiger partial charge >= 0.3 is 19.0 Å². The van der Waals surface area contributed by atoms with E-state index in [0.717, 1.165) is 0 Å². The van der Waals surface area contributed by atoms with Gasteiger partial charge in [0.05, 0.1) is 15.5 Å². The Balaban J connectivity index is 2.43. The van der Waals surface area contributed by atoms with Crippen LogP contribution in [0.15, 0.2) is 48.5 Å². The molecule has 2 aromatic rings. The van der Waals surface area contributed by atoms with Crippen LogP contribution in [0, 0.1) is 20.2 Å². The number of hydrogen-bond acceptors (Lipinski definition) is 7. The van der Waals surface area contributed by atoms with Gasteiger partial charge in [-0.2, -0.15) is 0 Å². The third-order valence-corrected chi connectivity index (χ3v) is 5.37. The average Bonchev–Trinajstić information content (AvgIpc) is 2.55. The molecular weight excluding hydrogens is 351 g/mol. The van der Waals surface area contributed by atoms with Gasteiger partial charge in [0.1, 0.15) is 0 Å². The maximum atomic E-state index is 13.1. The quantitative estimate of drug-likeness (QED) is 0.400. The molecule has 10 heteroatoms. The number of benzene rings is 2. The van der Waals surface area contributed by atoms with Crippen molar-refractivity contribution in [2.45, 2.75) is 19.5 Å². The summed E-state index contributed by atoms with van der Waals surface area (Å²) in [7, 11) is -3.98. The fourth-order valence-corrected chi connectivity index (χ4v) is 3.19. The highest BCUT2D eigenvalue weighted by Crippen LogP contribution is 2.55. The molecule has 0 aliphatic carbocycles. The molecule has 0 bridgehead atoms. The second kappa shape index (κ2) is 7.31. The predicted molar refractivity (Wildman–Crippen MR) is 90.2 cm³/mol. The van der Waals surface area contributed by atoms with Crippen LogP contribution >= 0.6 is 7.60 Å². The Morgan fingerprint density at radius 1 is 0.840 bits per heavy atom. The van der Waals surface area contributed by atoms with Crippen LogP contribution in [0.3, 0.4) is 0 Å². The van der Waals surface area contributed by atoms with Crippen LogP contribution < -0.4 is 9.05 Å². The average molecular weight is 366 g/mol. The van der Waals surface area contributed by atoms with Gasteiger partial charge in [0.15, 0.2) is 0 Å². The third-order valence-electron chi connectivity index (χ3n) is 3.21. The number of nitro groups is 2. The fourth-order valence-electron chi connectivity index (χ4n) is 1.87. The first-order valence-electron chi connectivity index (χ1n) is 7.20. The Kier molecular flexibility index (Phi) is 5.38. The molecule has 0 heterocycles. The molecule has 0 amide bonds. The van der Waals surface area contributed by atoms with Crippen molar-refractivity contribution in [1.29, 1.82) is 0 Å². The van der Waals surface area contributed by atoms with Gasteiger partial charge < -0.3 is 9.05 Å². The van der Waals surface area contributed by atoms with E-state index in [1.807, 2.05) is 0 Å². The molecule has 2 rings (SSSR count). The van der Waals surface area contributed by atoms with Crippen molar-refractivity contribution >= 4 is 19.0 Å². The minimum absolute atomic E-state index is 0.233. The molecule has 0 saturated carbocycles. The lowest BCUT2D eigenvalue weighted by molar-refractivity contribution is -0.385. The molecule has 0 atom stereocenters. The first-order chi connectivity index (χ1) is 11.7. The summed E-state index contributed by atoms with van der Waals surface area (Å²) in [5.41, 5.74) is -1.46. The Bertz CT molecular complexity index is 790. The highest BCUT2D eigenvalue weighted by atomic mass is 31.2. The summed E-state index contributed by atoms with van der Waals surface area (Å²) >= 11 is 0. The van der Waals surface area contributed by atoms with Crippen LogP contribution in [0.4, 0.5) is 11.4 Å². The first-order valence-corrected chi connectivity index (χ1v) is 8.81. The lowest BCUT2D eigenvalue weighted by Crippen LogP contribution is -2.12. The second-order valence-corrected chi connectivity index (χ2v) is 7.74. The van der Waals surface area contributed by atoms with Crippen molar-refractivity contribution in [3.8, 4) is 11.5 Å². The molecule has 0 unspecified atom stereocenters. The van der Waals surface area contributed by atoms with Crippen LogP contribution in [0.2, 0.25) is 0 Å². The van der Waals surface area contributed by atoms with E-state index in [2.05, 4.69) is 0 Å². The normalized spacial score (nSPS) is 11.2. The lowest BCUT2D eigenvalue weighted by atomic mass is 10.3. The van der Waals surface area contributed by atoms with E-state index in [1.54, 1.807) is 0 Å². The first kappa shape index (κ1) is 18.4. The highest BCUT2D eigenvalue weighted by Gasteiger charge is 2.37. The maximum absolute atomic E-state index is 13.1. The molecule has 0 aliphatic heterocycles. The van der Waals surface area contributed by atoms with E-state index >= 15 is 0 Å². The molecule has 132 valence electrons. The topological polar surface area (TPSA) is 122 Å². The van der Waals surface area contributed by atoms with Crippen LogP contribution in [0.5, 0.6) is 11.5 Å². The van der Waals surface area contributed by atoms with Gasteiger partial charge in [0, 0.05) is 12.1 Å². The summed E-state index contributed by atoms with van der Waals surface area (Å²) in [6, 6.07) is 10.8. The number of nitrogens with zero attached hydrogens (tertiary/aromatic N) is 2. The van der Waals surface area contributed by atoms with Crippen LogP contribution in [-0.2, 0) is 4.57 Å². The molecule has 0 radical (unpaired) electrons. The van der Waals surface area contributed by atoms with Crippen LogP contribution in [-0.4, -0.2) is 15.5 Å². The molecular formula is C15H15N2O7P. The van der Waals surface area contributed by atoms with E-state index in [0.29, 0.717) is 0 Å². The van der Waals surface area contributed by atoms with E-state index in [-0.39, 0.29) is 22.9 Å². The molecule has 0 aromatic heterocycles. The number of rotatable bonds is 7. The van der Waals surface area contributed by atoms with E-state index in [4.69, 9.17) is 9.05 Å². The van der Waals surface area contributed by atoms with Crippen molar-refractivity contribution in [2.75, 3.05) is 0 Å². The molecule has 0 fully saturated rings. The van der Waals surface area contributed by atoms with Gasteiger partial charge in [-0.1, -0.05) is 24.3 Å². The van der Waals surface area contributed by atoms with Crippen molar-refractivity contribution in [1.82, 2.24) is 0 Å². The summed E-state index contributed by atoms with van der Waals surface area (Å²) in [5.74, 6) is -0.466. The number of hydrogen-bond donors (Lipinski definition) is 0. The van der Waals surface area contributed by atoms with E-state index in [1.165, 1.54) is 62.4 Å². The van der Waals surface area contributed by atoms with Crippen molar-refractivity contribution < 1.29 is 23.5 Å². The summed E-state index contributed by atoms with van der Waals surface area (Å²) in [6.45, 7) is 3.06. The summed E-state index contributed by atoms with van der Waals surface area (Å²) in [6.07, 6.45) is 0. The Morgan fingerprint density at radius 2 is 1.20 bits per heavy atom. The molecule has 0 saturated heterocycles. The summed E-state index contributed by atoms with van der Waals surface area (Å²) < 4.78 is 23.8. The smallest absolute Gasteiger partial charge is 0.408 e. The second-order valence-electron chi connectivity index (χ2n) is 5.27. The molecule has 2 aromatic carbocycles. The minimum atomic E-state index is -3.98. The van der Waals surface area contributed by atoms with Gasteiger partial charge in [-0.25, -0.2) is 4.57 Å². The Hall–Kier alpha value is -2.93. The Morgan fingerprint density at radius 3 is 1.52 bits per heavy atom. The molecule has 25 heavy (non-hydrogen) atoms. The fraction of sp³-hybridized carbons (Fsp3) is 0.200. The van der Waals surface area contributed by atoms with Gasteiger partial charge in [-0.15, -0.1) is 0 Å². The zero-order chi connectivity index (χ0) is 18.6. The molecule has 9 nitrogen and oxygen atoms in total. The summed E-state index contributed by atoms with van der Waals surface area (Å²) in [5, 5.41) is 22.2. The van der Waals surface area contributed by atoms with Crippen molar-refractivity contribution in [2.24, 2.45) is 0 Å². The van der Waals surface area contributed by atoms with Crippen molar-refractivity contribution in [3.63, 3.8) is 0 Å². The maximum Gasteiger partial charge on any atom is 0.433 e. The molecule has 0 aliphatic rings. The van der Waals surface area contributed by atoms with Gasteiger partial charge in [0.2, 0.25) is 11.5 Å². The molecule has 0 spiro atoms. The monoisotopic (exact) mass is 366 g/mol. The van der Waals surface area contributed by atoms with E-state index < -0.39 is 23.1 Å². The minimum Gasteiger partial charge on any atom is -0.408 e. The lowest BCUT2D eigenvalue weighted by Gasteiger charge is -2.22. The Labute approximate surface area is 143 Å². The zero-order valence-corrected chi connectivity index (χ0v) is 14.3. The largest absolute Gasteiger partial charge is 0.433 e. The number of nitro benzene ring substituents is 2. The third kappa shape index (κ3) is 4.13. The zero-order valence-electron chi connectivity index (χ0n) is 13.4. The highest BCUT2D eigenvalue weighted by molar-refractivity contribution is 7.55. The van der Waals surface area contributed by atoms with Crippen LogP contribution in [0.1, 0.15) is 13.8 Å². The SMILES string of the molecule is CC(C)P(=O)(Oc1ccccc1[N+](=O)[O-])Oc1ccccc1[N+](=O)[O-]. The van der Waals surface area contributed by atoms with Gasteiger partial charge in [-0.3, -0.25) is 20.2 Å². The molecule has 0 N–H and O–H groups in total. The van der Waals surface area contributed by atoms with E-state index in [9.17, 15) is 24.8 Å². The van der Waals surface area contributed by atoms with Crippen molar-refractivity contribution in [3.05, 3.63) is 68.8 Å².